The summed E-state index contributed by atoms with van der Waals surface area (Å²) in [5.74, 6) is -0.407. The Bertz CT molecular complexity index is 641. The van der Waals surface area contributed by atoms with Crippen LogP contribution in [-0.2, 0) is 11.3 Å². The van der Waals surface area contributed by atoms with Gasteiger partial charge in [0.05, 0.1) is 16.3 Å². The first-order valence-electron chi connectivity index (χ1n) is 5.29. The van der Waals surface area contributed by atoms with Gasteiger partial charge in [0, 0.05) is 11.1 Å². The Labute approximate surface area is 113 Å². The lowest BCUT2D eigenvalue weighted by Crippen LogP contribution is -2.00. The Hall–Kier alpha value is -1.58. The molecule has 0 spiro atoms. The highest BCUT2D eigenvalue weighted by atomic mass is 35.5. The molecule has 0 N–H and O–H groups in total. The standard InChI is InChI=1S/C13H7Cl2NO2/c14-10-8-6-18-13(17)9(8)11(16-12(10)15)7-4-2-1-3-5-7/h1-5H,6H2. The van der Waals surface area contributed by atoms with Crippen LogP contribution >= 0.6 is 23.2 Å². The number of rotatable bonds is 1. The van der Waals surface area contributed by atoms with Crippen LogP contribution in [0.15, 0.2) is 30.3 Å². The largest absolute Gasteiger partial charge is 0.457 e. The first-order valence-corrected chi connectivity index (χ1v) is 6.04. The number of hydrogen-bond acceptors (Lipinski definition) is 3. The molecule has 1 aromatic carbocycles. The summed E-state index contributed by atoms with van der Waals surface area (Å²) < 4.78 is 5.00. The molecule has 2 heterocycles. The molecular weight excluding hydrogens is 273 g/mol. The van der Waals surface area contributed by atoms with Gasteiger partial charge in [-0.2, -0.15) is 0 Å². The average Bonchev–Trinajstić information content (AvgIpc) is 2.77. The van der Waals surface area contributed by atoms with E-state index in [4.69, 9.17) is 27.9 Å². The van der Waals surface area contributed by atoms with Crippen molar-refractivity contribution >= 4 is 29.2 Å². The molecule has 0 amide bonds. The Balaban J connectivity index is 2.32. The van der Waals surface area contributed by atoms with Crippen LogP contribution in [0.2, 0.25) is 10.2 Å². The third-order valence-electron chi connectivity index (χ3n) is 2.79. The minimum atomic E-state index is -0.407. The molecule has 3 nitrogen and oxygen atoms in total. The smallest absolute Gasteiger partial charge is 0.341 e. The molecule has 0 fully saturated rings. The van der Waals surface area contributed by atoms with Crippen LogP contribution in [0.4, 0.5) is 0 Å². The number of fused-ring (bicyclic) bond motifs is 1. The normalized spacial score (nSPS) is 13.3. The van der Waals surface area contributed by atoms with Gasteiger partial charge >= 0.3 is 5.97 Å². The Morgan fingerprint density at radius 2 is 1.89 bits per heavy atom. The molecule has 0 saturated heterocycles. The van der Waals surface area contributed by atoms with Crippen molar-refractivity contribution < 1.29 is 9.53 Å². The summed E-state index contributed by atoms with van der Waals surface area (Å²) in [5.41, 5.74) is 2.35. The Kier molecular flexibility index (Phi) is 2.73. The number of cyclic esters (lactones) is 1. The number of esters is 1. The zero-order chi connectivity index (χ0) is 12.7. The summed E-state index contributed by atoms with van der Waals surface area (Å²) in [7, 11) is 0. The third-order valence-corrected chi connectivity index (χ3v) is 3.57. The minimum Gasteiger partial charge on any atom is -0.457 e. The van der Waals surface area contributed by atoms with E-state index >= 15 is 0 Å². The molecule has 0 bridgehead atoms. The van der Waals surface area contributed by atoms with Crippen LogP contribution in [0.3, 0.4) is 0 Å². The van der Waals surface area contributed by atoms with Gasteiger partial charge in [-0.1, -0.05) is 53.5 Å². The molecule has 5 heteroatoms. The molecule has 1 aromatic heterocycles. The number of carbonyl (C=O) groups is 1. The second-order valence-corrected chi connectivity index (χ2v) is 4.60. The number of nitrogens with zero attached hydrogens (tertiary/aromatic N) is 1. The van der Waals surface area contributed by atoms with E-state index < -0.39 is 5.97 Å². The van der Waals surface area contributed by atoms with Crippen LogP contribution in [0.25, 0.3) is 11.3 Å². The second-order valence-electron chi connectivity index (χ2n) is 3.86. The predicted octanol–water partition coefficient (Wildman–Crippen LogP) is 3.73. The molecule has 0 radical (unpaired) electrons. The lowest BCUT2D eigenvalue weighted by Gasteiger charge is -2.07. The van der Waals surface area contributed by atoms with Crippen molar-refractivity contribution in [1.29, 1.82) is 0 Å². The maximum absolute atomic E-state index is 11.8. The first kappa shape index (κ1) is 11.5. The molecule has 0 saturated carbocycles. The fraction of sp³-hybridized carbons (Fsp3) is 0.0769. The van der Waals surface area contributed by atoms with E-state index in [1.165, 1.54) is 0 Å². The highest BCUT2D eigenvalue weighted by molar-refractivity contribution is 6.42. The second kappa shape index (κ2) is 4.26. The van der Waals surface area contributed by atoms with Gasteiger partial charge in [-0.25, -0.2) is 9.78 Å². The van der Waals surface area contributed by atoms with Crippen molar-refractivity contribution in [2.75, 3.05) is 0 Å². The van der Waals surface area contributed by atoms with Crippen LogP contribution in [0.1, 0.15) is 15.9 Å². The zero-order valence-electron chi connectivity index (χ0n) is 9.11. The van der Waals surface area contributed by atoms with E-state index in [9.17, 15) is 4.79 Å². The Morgan fingerprint density at radius 3 is 2.61 bits per heavy atom. The van der Waals surface area contributed by atoms with E-state index in [2.05, 4.69) is 4.98 Å². The lowest BCUT2D eigenvalue weighted by molar-refractivity contribution is 0.0535. The van der Waals surface area contributed by atoms with Gasteiger partial charge in [0.1, 0.15) is 11.8 Å². The molecule has 18 heavy (non-hydrogen) atoms. The quantitative estimate of drug-likeness (QED) is 0.590. The molecule has 0 aliphatic carbocycles. The zero-order valence-corrected chi connectivity index (χ0v) is 10.6. The molecule has 90 valence electrons. The van der Waals surface area contributed by atoms with Crippen LogP contribution in [-0.4, -0.2) is 11.0 Å². The molecule has 1 aliphatic rings. The van der Waals surface area contributed by atoms with Gasteiger partial charge in [-0.3, -0.25) is 0 Å². The highest BCUT2D eigenvalue weighted by Crippen LogP contribution is 2.37. The molecule has 2 aromatic rings. The van der Waals surface area contributed by atoms with Crippen LogP contribution in [0.5, 0.6) is 0 Å². The lowest BCUT2D eigenvalue weighted by atomic mass is 10.0. The van der Waals surface area contributed by atoms with E-state index in [1.54, 1.807) is 0 Å². The topological polar surface area (TPSA) is 39.2 Å². The summed E-state index contributed by atoms with van der Waals surface area (Å²) in [6, 6.07) is 9.34. The fourth-order valence-corrected chi connectivity index (χ4v) is 2.34. The van der Waals surface area contributed by atoms with Crippen molar-refractivity contribution in [2.45, 2.75) is 6.61 Å². The van der Waals surface area contributed by atoms with Crippen LogP contribution < -0.4 is 0 Å². The summed E-state index contributed by atoms with van der Waals surface area (Å²) in [6.45, 7) is 0.148. The fourth-order valence-electron chi connectivity index (χ4n) is 1.95. The SMILES string of the molecule is O=C1OCc2c(Cl)c(Cl)nc(-c3ccccc3)c21. The van der Waals surface area contributed by atoms with Crippen molar-refractivity contribution in [3.05, 3.63) is 51.6 Å². The first-order chi connectivity index (χ1) is 8.68. The van der Waals surface area contributed by atoms with E-state index in [-0.39, 0.29) is 16.8 Å². The van der Waals surface area contributed by atoms with Crippen molar-refractivity contribution in [2.24, 2.45) is 0 Å². The van der Waals surface area contributed by atoms with Gasteiger partial charge in [-0.15, -0.1) is 0 Å². The maximum Gasteiger partial charge on any atom is 0.341 e. The maximum atomic E-state index is 11.8. The van der Waals surface area contributed by atoms with Gasteiger partial charge < -0.3 is 4.74 Å². The number of benzene rings is 1. The third kappa shape index (κ3) is 1.67. The van der Waals surface area contributed by atoms with Crippen molar-refractivity contribution in [3.63, 3.8) is 0 Å². The number of carbonyl (C=O) groups excluding carboxylic acids is 1. The molecular formula is C13H7Cl2NO2. The highest BCUT2D eigenvalue weighted by Gasteiger charge is 2.30. The van der Waals surface area contributed by atoms with Crippen molar-refractivity contribution in [3.8, 4) is 11.3 Å². The number of aromatic nitrogens is 1. The molecule has 0 unspecified atom stereocenters. The molecule has 3 rings (SSSR count). The summed E-state index contributed by atoms with van der Waals surface area (Å²) in [6.07, 6.45) is 0. The number of pyridine rings is 1. The predicted molar refractivity (Wildman–Crippen MR) is 68.8 cm³/mol. The van der Waals surface area contributed by atoms with E-state index in [1.807, 2.05) is 30.3 Å². The molecule has 0 atom stereocenters. The summed E-state index contributed by atoms with van der Waals surface area (Å²) in [4.78, 5) is 16.0. The summed E-state index contributed by atoms with van der Waals surface area (Å²) >= 11 is 12.0. The average molecular weight is 280 g/mol. The van der Waals surface area contributed by atoms with Gasteiger partial charge in [0.15, 0.2) is 0 Å². The van der Waals surface area contributed by atoms with E-state index in [0.29, 0.717) is 16.8 Å². The Morgan fingerprint density at radius 1 is 1.17 bits per heavy atom. The van der Waals surface area contributed by atoms with Crippen LogP contribution in [0, 0.1) is 0 Å². The number of halogens is 2. The number of hydrogen-bond donors (Lipinski definition) is 0. The molecule has 1 aliphatic heterocycles. The van der Waals surface area contributed by atoms with E-state index in [0.717, 1.165) is 5.56 Å². The van der Waals surface area contributed by atoms with Crippen molar-refractivity contribution in [1.82, 2.24) is 4.98 Å². The van der Waals surface area contributed by atoms with Gasteiger partial charge in [-0.05, 0) is 0 Å². The van der Waals surface area contributed by atoms with Gasteiger partial charge in [0.25, 0.3) is 0 Å². The minimum absolute atomic E-state index is 0.148. The van der Waals surface area contributed by atoms with Gasteiger partial charge in [0.2, 0.25) is 0 Å². The number of ether oxygens (including phenoxy) is 1. The monoisotopic (exact) mass is 279 g/mol. The summed E-state index contributed by atoms with van der Waals surface area (Å²) in [5, 5.41) is 0.477.